The van der Waals surface area contributed by atoms with Crippen molar-refractivity contribution in [3.63, 3.8) is 0 Å². The molecule has 30 heavy (non-hydrogen) atoms. The molecule has 0 bridgehead atoms. The number of halogens is 2. The van der Waals surface area contributed by atoms with Crippen molar-refractivity contribution < 1.29 is 4.79 Å². The molecule has 0 unspecified atom stereocenters. The number of anilines is 2. The summed E-state index contributed by atoms with van der Waals surface area (Å²) in [5.74, 6) is -0.344. The molecule has 2 N–H and O–H groups in total. The third kappa shape index (κ3) is 4.71. The molecule has 0 spiro atoms. The van der Waals surface area contributed by atoms with Crippen LogP contribution in [0, 0.1) is 0 Å². The van der Waals surface area contributed by atoms with E-state index in [-0.39, 0.29) is 11.0 Å². The van der Waals surface area contributed by atoms with Gasteiger partial charge < -0.3 is 15.1 Å². The number of rotatable bonds is 3. The van der Waals surface area contributed by atoms with Crippen LogP contribution in [-0.2, 0) is 0 Å². The molecule has 1 aromatic heterocycles. The van der Waals surface area contributed by atoms with Gasteiger partial charge in [-0.05, 0) is 55.7 Å². The highest BCUT2D eigenvalue weighted by atomic mass is 35.5. The maximum absolute atomic E-state index is 12.7. The minimum Gasteiger partial charge on any atom is -0.369 e. The van der Waals surface area contributed by atoms with Crippen LogP contribution in [0.2, 0.25) is 10.0 Å². The van der Waals surface area contributed by atoms with Gasteiger partial charge in [-0.15, -0.1) is 11.3 Å². The smallest absolute Gasteiger partial charge is 0.269 e. The lowest BCUT2D eigenvalue weighted by molar-refractivity contribution is 0.0982. The number of carbonyl (C=O) groups is 1. The van der Waals surface area contributed by atoms with Crippen LogP contribution < -0.4 is 15.5 Å². The Morgan fingerprint density at radius 1 is 1.07 bits per heavy atom. The first kappa shape index (κ1) is 21.3. The fourth-order valence-electron chi connectivity index (χ4n) is 3.33. The van der Waals surface area contributed by atoms with Crippen LogP contribution in [0.3, 0.4) is 0 Å². The lowest BCUT2D eigenvalue weighted by Crippen LogP contribution is -2.44. The number of hydrogen-bond acceptors (Lipinski definition) is 5. The minimum atomic E-state index is -0.344. The van der Waals surface area contributed by atoms with Crippen LogP contribution in [-0.4, -0.2) is 49.1 Å². The summed E-state index contributed by atoms with van der Waals surface area (Å²) in [5, 5.41) is 7.79. The van der Waals surface area contributed by atoms with Crippen LogP contribution in [0.25, 0.3) is 10.1 Å². The van der Waals surface area contributed by atoms with Gasteiger partial charge in [-0.2, -0.15) is 0 Å². The van der Waals surface area contributed by atoms with Crippen molar-refractivity contribution in [1.29, 1.82) is 0 Å². The monoisotopic (exact) mass is 478 g/mol. The normalized spacial score (nSPS) is 14.7. The third-order valence-corrected chi connectivity index (χ3v) is 7.11. The van der Waals surface area contributed by atoms with Crippen molar-refractivity contribution in [1.82, 2.24) is 10.2 Å². The Labute approximate surface area is 194 Å². The second-order valence-corrected chi connectivity index (χ2v) is 9.41. The summed E-state index contributed by atoms with van der Waals surface area (Å²) < 4.78 is 0.857. The number of piperazine rings is 1. The van der Waals surface area contributed by atoms with Crippen molar-refractivity contribution in [2.45, 2.75) is 0 Å². The van der Waals surface area contributed by atoms with Crippen molar-refractivity contribution in [2.75, 3.05) is 43.4 Å². The molecule has 5 nitrogen and oxygen atoms in total. The molecule has 0 atom stereocenters. The quantitative estimate of drug-likeness (QED) is 0.513. The molecular formula is C21H20Cl2N4OS2. The number of hydrogen-bond donors (Lipinski definition) is 2. The highest BCUT2D eigenvalue weighted by Crippen LogP contribution is 2.36. The molecule has 1 saturated heterocycles. The molecule has 3 aromatic rings. The maximum atomic E-state index is 12.7. The number of thiocarbonyl (C=S) groups is 1. The predicted octanol–water partition coefficient (Wildman–Crippen LogP) is 5.09. The van der Waals surface area contributed by atoms with Gasteiger partial charge in [-0.3, -0.25) is 10.1 Å². The van der Waals surface area contributed by atoms with Gasteiger partial charge in [0.2, 0.25) is 0 Å². The molecule has 1 amide bonds. The zero-order valence-corrected chi connectivity index (χ0v) is 19.4. The Kier molecular flexibility index (Phi) is 6.46. The number of nitrogens with one attached hydrogen (secondary N) is 2. The Morgan fingerprint density at radius 3 is 2.47 bits per heavy atom. The van der Waals surface area contributed by atoms with Gasteiger partial charge in [0, 0.05) is 52.7 Å². The second-order valence-electron chi connectivity index (χ2n) is 7.13. The number of benzene rings is 2. The van der Waals surface area contributed by atoms with Crippen molar-refractivity contribution in [3.8, 4) is 0 Å². The second kappa shape index (κ2) is 9.08. The van der Waals surface area contributed by atoms with Crippen LogP contribution in [0.5, 0.6) is 0 Å². The van der Waals surface area contributed by atoms with Crippen LogP contribution in [0.15, 0.2) is 42.5 Å². The average molecular weight is 479 g/mol. The van der Waals surface area contributed by atoms with Crippen LogP contribution in [0.1, 0.15) is 9.67 Å². The van der Waals surface area contributed by atoms with Gasteiger partial charge in [-0.1, -0.05) is 29.3 Å². The standard InChI is InChI=1S/C21H20Cl2N4OS2/c1-26-8-10-27(11-9-26)15-5-3-14(4-6-15)24-21(29)25-20(28)19-18(23)16-7-2-13(22)12-17(16)30-19/h2-7,12H,8-11H2,1H3,(H2,24,25,28,29). The Hall–Kier alpha value is -1.90. The molecule has 2 heterocycles. The van der Waals surface area contributed by atoms with E-state index in [4.69, 9.17) is 35.4 Å². The summed E-state index contributed by atoms with van der Waals surface area (Å²) in [7, 11) is 2.14. The number of thiophene rings is 1. The molecule has 0 radical (unpaired) electrons. The Bertz CT molecular complexity index is 1090. The van der Waals surface area contributed by atoms with E-state index >= 15 is 0 Å². The number of likely N-dealkylation sites (N-methyl/N-ethyl adjacent to an activating group) is 1. The largest absolute Gasteiger partial charge is 0.369 e. The lowest BCUT2D eigenvalue weighted by Gasteiger charge is -2.34. The van der Waals surface area contributed by atoms with E-state index in [1.54, 1.807) is 12.1 Å². The van der Waals surface area contributed by atoms with E-state index in [0.29, 0.717) is 14.9 Å². The molecular weight excluding hydrogens is 459 g/mol. The van der Waals surface area contributed by atoms with Gasteiger partial charge in [0.05, 0.1) is 5.02 Å². The summed E-state index contributed by atoms with van der Waals surface area (Å²) in [6.07, 6.45) is 0. The predicted molar refractivity (Wildman–Crippen MR) is 132 cm³/mol. The highest BCUT2D eigenvalue weighted by Gasteiger charge is 2.18. The molecule has 0 aliphatic carbocycles. The number of amides is 1. The molecule has 1 aliphatic rings. The van der Waals surface area contributed by atoms with E-state index in [1.807, 2.05) is 18.2 Å². The summed E-state index contributed by atoms with van der Waals surface area (Å²) in [4.78, 5) is 17.7. The molecule has 4 rings (SSSR count). The van der Waals surface area contributed by atoms with Gasteiger partial charge in [0.25, 0.3) is 5.91 Å². The average Bonchev–Trinajstić information content (AvgIpc) is 3.05. The fourth-order valence-corrected chi connectivity index (χ4v) is 5.23. The molecule has 156 valence electrons. The van der Waals surface area contributed by atoms with Gasteiger partial charge >= 0.3 is 0 Å². The zero-order chi connectivity index (χ0) is 21.3. The first-order valence-electron chi connectivity index (χ1n) is 9.44. The fraction of sp³-hybridized carbons (Fsp3) is 0.238. The topological polar surface area (TPSA) is 47.6 Å². The first-order valence-corrected chi connectivity index (χ1v) is 11.4. The maximum Gasteiger partial charge on any atom is 0.269 e. The van der Waals surface area contributed by atoms with Gasteiger partial charge in [0.15, 0.2) is 5.11 Å². The molecule has 1 fully saturated rings. The number of carbonyl (C=O) groups excluding carboxylic acids is 1. The first-order chi connectivity index (χ1) is 14.4. The minimum absolute atomic E-state index is 0.221. The van der Waals surface area contributed by atoms with Gasteiger partial charge in [0.1, 0.15) is 4.88 Å². The van der Waals surface area contributed by atoms with Crippen LogP contribution >= 0.6 is 46.8 Å². The lowest BCUT2D eigenvalue weighted by atomic mass is 10.2. The Balaban J connectivity index is 1.38. The van der Waals surface area contributed by atoms with E-state index in [9.17, 15) is 4.79 Å². The van der Waals surface area contributed by atoms with E-state index in [0.717, 1.165) is 42.0 Å². The SMILES string of the molecule is CN1CCN(c2ccc(NC(=S)NC(=O)c3sc4cc(Cl)ccc4c3Cl)cc2)CC1. The van der Waals surface area contributed by atoms with E-state index in [1.165, 1.54) is 17.0 Å². The van der Waals surface area contributed by atoms with Crippen molar-refractivity contribution in [3.05, 3.63) is 57.4 Å². The highest BCUT2D eigenvalue weighted by molar-refractivity contribution is 7.80. The van der Waals surface area contributed by atoms with Crippen molar-refractivity contribution in [2.24, 2.45) is 0 Å². The molecule has 1 aliphatic heterocycles. The number of fused-ring (bicyclic) bond motifs is 1. The molecule has 2 aromatic carbocycles. The van der Waals surface area contributed by atoms with Crippen LogP contribution in [0.4, 0.5) is 11.4 Å². The molecule has 0 saturated carbocycles. The summed E-state index contributed by atoms with van der Waals surface area (Å²) >= 11 is 19.0. The van der Waals surface area contributed by atoms with E-state index in [2.05, 4.69) is 39.6 Å². The number of nitrogens with zero attached hydrogens (tertiary/aromatic N) is 2. The van der Waals surface area contributed by atoms with E-state index < -0.39 is 0 Å². The van der Waals surface area contributed by atoms with Crippen molar-refractivity contribution >= 4 is 79.2 Å². The third-order valence-electron chi connectivity index (χ3n) is 5.02. The summed E-state index contributed by atoms with van der Waals surface area (Å²) in [6, 6.07) is 13.4. The summed E-state index contributed by atoms with van der Waals surface area (Å²) in [6.45, 7) is 4.14. The zero-order valence-electron chi connectivity index (χ0n) is 16.2. The van der Waals surface area contributed by atoms with Gasteiger partial charge in [-0.25, -0.2) is 0 Å². The molecule has 9 heteroatoms. The summed E-state index contributed by atoms with van der Waals surface area (Å²) in [5.41, 5.74) is 1.99. The Morgan fingerprint density at radius 2 is 1.77 bits per heavy atom.